The van der Waals surface area contributed by atoms with E-state index in [1.54, 1.807) is 45.0 Å². The molecule has 1 aromatic carbocycles. The smallest absolute Gasteiger partial charge is 0.408 e. The number of primary amides is 1. The molecule has 0 saturated carbocycles. The lowest BCUT2D eigenvalue weighted by Crippen LogP contribution is -2.48. The Morgan fingerprint density at radius 2 is 1.90 bits per heavy atom. The van der Waals surface area contributed by atoms with Crippen molar-refractivity contribution >= 4 is 44.9 Å². The van der Waals surface area contributed by atoms with Crippen molar-refractivity contribution in [2.45, 2.75) is 49.8 Å². The lowest BCUT2D eigenvalue weighted by atomic mass is 10.2. The first kappa shape index (κ1) is 23.3. The number of hydrogen-bond acceptors (Lipinski definition) is 6. The average molecular weight is 490 g/mol. The molecule has 2 unspecified atom stereocenters. The van der Waals surface area contributed by atoms with Gasteiger partial charge in [-0.1, -0.05) is 15.9 Å². The average Bonchev–Trinajstić information content (AvgIpc) is 3.03. The number of halogens is 1. The summed E-state index contributed by atoms with van der Waals surface area (Å²) in [7, 11) is 0. The first-order valence-corrected chi connectivity index (χ1v) is 10.7. The molecule has 3 atom stereocenters. The van der Waals surface area contributed by atoms with E-state index >= 15 is 0 Å². The van der Waals surface area contributed by atoms with Crippen LogP contribution in [0.1, 0.15) is 27.2 Å². The number of amides is 3. The number of benzene rings is 1. The molecule has 1 aliphatic heterocycles. The maximum atomic E-state index is 12.5. The molecule has 1 heterocycles. The van der Waals surface area contributed by atoms with Gasteiger partial charge in [0.25, 0.3) is 0 Å². The number of nitrogens with zero attached hydrogens (tertiary/aromatic N) is 1. The van der Waals surface area contributed by atoms with E-state index in [0.717, 1.165) is 4.47 Å². The highest BCUT2D eigenvalue weighted by atomic mass is 79.9. The summed E-state index contributed by atoms with van der Waals surface area (Å²) < 4.78 is 23.8. The van der Waals surface area contributed by atoms with Gasteiger partial charge in [0.05, 0.1) is 11.0 Å². The number of nitrogens with one attached hydrogen (secondary N) is 1. The number of carbonyl (C=O) groups is 3. The molecule has 11 heteroatoms. The summed E-state index contributed by atoms with van der Waals surface area (Å²) in [5.74, 6) is -1.21. The molecular weight excluding hydrogens is 466 g/mol. The Hall–Kier alpha value is -1.98. The third-order valence-electron chi connectivity index (χ3n) is 3.92. The van der Waals surface area contributed by atoms with E-state index in [1.165, 1.54) is 4.90 Å². The van der Waals surface area contributed by atoms with Crippen LogP contribution in [0.5, 0.6) is 0 Å². The molecule has 0 spiro atoms. The van der Waals surface area contributed by atoms with Crippen LogP contribution in [0.3, 0.4) is 0 Å². The monoisotopic (exact) mass is 489 g/mol. The van der Waals surface area contributed by atoms with Crippen molar-refractivity contribution in [3.8, 4) is 0 Å². The second kappa shape index (κ2) is 9.68. The number of likely N-dealkylation sites (tertiary alicyclic amines) is 1. The molecule has 1 aliphatic rings. The number of ether oxygens (including phenoxy) is 1. The lowest BCUT2D eigenvalue weighted by molar-refractivity contribution is -0.136. The molecule has 9 nitrogen and oxygen atoms in total. The van der Waals surface area contributed by atoms with Gasteiger partial charge in [-0.05, 0) is 45.0 Å². The van der Waals surface area contributed by atoms with E-state index < -0.39 is 46.7 Å². The van der Waals surface area contributed by atoms with Gasteiger partial charge in [-0.3, -0.25) is 13.8 Å². The van der Waals surface area contributed by atoms with E-state index in [1.807, 2.05) is 0 Å². The van der Waals surface area contributed by atoms with Crippen LogP contribution < -0.4 is 11.1 Å². The molecule has 2 rings (SSSR count). The third kappa shape index (κ3) is 7.09. The summed E-state index contributed by atoms with van der Waals surface area (Å²) in [6.45, 7) is 4.77. The SMILES string of the molecule is CC(C)(C)OC(=O)NCC(=O)N1CC(OS(=O)c2ccc(Br)cc2)C[C@H]1C(N)=O. The van der Waals surface area contributed by atoms with Gasteiger partial charge in [0.1, 0.15) is 18.2 Å². The van der Waals surface area contributed by atoms with Crippen molar-refractivity contribution < 1.29 is 27.5 Å². The van der Waals surface area contributed by atoms with Crippen LogP contribution >= 0.6 is 15.9 Å². The fraction of sp³-hybridized carbons (Fsp3) is 0.500. The zero-order valence-electron chi connectivity index (χ0n) is 16.3. The highest BCUT2D eigenvalue weighted by Gasteiger charge is 2.40. The van der Waals surface area contributed by atoms with Crippen LogP contribution in [-0.4, -0.2) is 57.9 Å². The van der Waals surface area contributed by atoms with Crippen LogP contribution in [-0.2, 0) is 29.6 Å². The Labute approximate surface area is 180 Å². The Kier molecular flexibility index (Phi) is 7.78. The minimum atomic E-state index is -1.76. The molecule has 3 amide bonds. The minimum Gasteiger partial charge on any atom is -0.444 e. The molecule has 0 aromatic heterocycles. The predicted molar refractivity (Wildman–Crippen MR) is 109 cm³/mol. The standard InChI is InChI=1S/C18H24BrN3O6S/c1-18(2,3)27-17(25)21-9-15(23)22-10-12(8-14(22)16(20)24)28-29(26)13-6-4-11(19)5-7-13/h4-7,12,14H,8-10H2,1-3H3,(H2,20,24)(H,21,25)/t12?,14-,29?/m0/s1. The fourth-order valence-corrected chi connectivity index (χ4v) is 3.82. The van der Waals surface area contributed by atoms with Crippen molar-refractivity contribution in [1.82, 2.24) is 10.2 Å². The van der Waals surface area contributed by atoms with Gasteiger partial charge in [0, 0.05) is 17.4 Å². The highest BCUT2D eigenvalue weighted by Crippen LogP contribution is 2.23. The maximum Gasteiger partial charge on any atom is 0.408 e. The Bertz CT molecular complexity index is 796. The van der Waals surface area contributed by atoms with Gasteiger partial charge in [-0.2, -0.15) is 0 Å². The molecule has 1 fully saturated rings. The third-order valence-corrected chi connectivity index (χ3v) is 5.56. The predicted octanol–water partition coefficient (Wildman–Crippen LogP) is 1.47. The summed E-state index contributed by atoms with van der Waals surface area (Å²) >= 11 is 1.54. The van der Waals surface area contributed by atoms with E-state index in [-0.39, 0.29) is 19.5 Å². The van der Waals surface area contributed by atoms with Crippen LogP contribution in [0.2, 0.25) is 0 Å². The van der Waals surface area contributed by atoms with Gasteiger partial charge >= 0.3 is 6.09 Å². The van der Waals surface area contributed by atoms with Crippen molar-refractivity contribution in [3.63, 3.8) is 0 Å². The molecule has 0 bridgehead atoms. The van der Waals surface area contributed by atoms with Crippen molar-refractivity contribution in [2.75, 3.05) is 13.1 Å². The normalized spacial score (nSPS) is 20.2. The van der Waals surface area contributed by atoms with Crippen LogP contribution in [0.15, 0.2) is 33.6 Å². The molecule has 0 radical (unpaired) electrons. The minimum absolute atomic E-state index is 0.0324. The topological polar surface area (TPSA) is 128 Å². The number of rotatable bonds is 6. The van der Waals surface area contributed by atoms with Gasteiger partial charge in [0.15, 0.2) is 11.1 Å². The molecule has 0 aliphatic carbocycles. The molecular formula is C18H24BrN3O6S. The van der Waals surface area contributed by atoms with E-state index in [4.69, 9.17) is 14.7 Å². The largest absolute Gasteiger partial charge is 0.444 e. The van der Waals surface area contributed by atoms with Gasteiger partial charge in [-0.25, -0.2) is 9.00 Å². The van der Waals surface area contributed by atoms with E-state index in [2.05, 4.69) is 21.2 Å². The highest BCUT2D eigenvalue weighted by molar-refractivity contribution is 9.10. The first-order chi connectivity index (χ1) is 13.5. The van der Waals surface area contributed by atoms with Crippen molar-refractivity contribution in [2.24, 2.45) is 5.73 Å². The summed E-state index contributed by atoms with van der Waals surface area (Å²) in [5.41, 5.74) is 4.70. The zero-order valence-corrected chi connectivity index (χ0v) is 18.7. The number of alkyl carbamates (subject to hydrolysis) is 1. The second-order valence-electron chi connectivity index (χ2n) is 7.46. The van der Waals surface area contributed by atoms with E-state index in [9.17, 15) is 18.6 Å². The Morgan fingerprint density at radius 3 is 2.45 bits per heavy atom. The number of nitrogens with two attached hydrogens (primary N) is 1. The molecule has 1 aromatic rings. The molecule has 1 saturated heterocycles. The first-order valence-electron chi connectivity index (χ1n) is 8.86. The van der Waals surface area contributed by atoms with Crippen molar-refractivity contribution in [1.29, 1.82) is 0 Å². The molecule has 29 heavy (non-hydrogen) atoms. The maximum absolute atomic E-state index is 12.5. The fourth-order valence-electron chi connectivity index (χ4n) is 2.70. The number of hydrogen-bond donors (Lipinski definition) is 2. The summed E-state index contributed by atoms with van der Waals surface area (Å²) in [6.07, 6.45) is -1.26. The molecule has 160 valence electrons. The van der Waals surface area contributed by atoms with Crippen molar-refractivity contribution in [3.05, 3.63) is 28.7 Å². The van der Waals surface area contributed by atoms with Crippen LogP contribution in [0.4, 0.5) is 4.79 Å². The van der Waals surface area contributed by atoms with E-state index in [0.29, 0.717) is 4.90 Å². The van der Waals surface area contributed by atoms with Crippen LogP contribution in [0.25, 0.3) is 0 Å². The lowest BCUT2D eigenvalue weighted by Gasteiger charge is -2.23. The summed E-state index contributed by atoms with van der Waals surface area (Å²) in [4.78, 5) is 37.6. The van der Waals surface area contributed by atoms with Gasteiger partial charge in [0.2, 0.25) is 11.8 Å². The Morgan fingerprint density at radius 1 is 1.28 bits per heavy atom. The quantitative estimate of drug-likeness (QED) is 0.622. The summed E-state index contributed by atoms with van der Waals surface area (Å²) in [5, 5.41) is 2.35. The second-order valence-corrected chi connectivity index (χ2v) is 9.51. The zero-order chi connectivity index (χ0) is 21.8. The Balaban J connectivity index is 1.96. The number of carbonyl (C=O) groups excluding carboxylic acids is 3. The van der Waals surface area contributed by atoms with Crippen LogP contribution in [0, 0.1) is 0 Å². The molecule has 3 N–H and O–H groups in total. The van der Waals surface area contributed by atoms with Gasteiger partial charge in [-0.15, -0.1) is 0 Å². The van der Waals surface area contributed by atoms with Gasteiger partial charge < -0.3 is 20.7 Å². The summed E-state index contributed by atoms with van der Waals surface area (Å²) in [6, 6.07) is 5.85.